The van der Waals surface area contributed by atoms with Crippen LogP contribution in [0.3, 0.4) is 0 Å². The first-order valence-electron chi connectivity index (χ1n) is 5.35. The summed E-state index contributed by atoms with van der Waals surface area (Å²) in [6.45, 7) is 4.28. The van der Waals surface area contributed by atoms with Gasteiger partial charge in [-0.15, -0.1) is 0 Å². The molecule has 0 fully saturated rings. The van der Waals surface area contributed by atoms with Crippen LogP contribution in [0.15, 0.2) is 18.2 Å². The Bertz CT molecular complexity index is 342. The normalized spacial score (nSPS) is 13.1. The highest BCUT2D eigenvalue weighted by molar-refractivity contribution is 5.19. The van der Waals surface area contributed by atoms with Crippen LogP contribution < -0.4 is 5.32 Å². The molecule has 1 aromatic rings. The molecule has 1 unspecified atom stereocenters. The van der Waals surface area contributed by atoms with E-state index in [0.29, 0.717) is 6.54 Å². The van der Waals surface area contributed by atoms with Gasteiger partial charge >= 0.3 is 0 Å². The van der Waals surface area contributed by atoms with Crippen molar-refractivity contribution in [2.45, 2.75) is 32.4 Å². The van der Waals surface area contributed by atoms with Gasteiger partial charge in [0, 0.05) is 19.0 Å². The van der Waals surface area contributed by atoms with Crippen molar-refractivity contribution >= 4 is 0 Å². The van der Waals surface area contributed by atoms with E-state index in [9.17, 15) is 13.9 Å². The van der Waals surface area contributed by atoms with Gasteiger partial charge in [-0.25, -0.2) is 8.78 Å². The van der Waals surface area contributed by atoms with Gasteiger partial charge in [-0.3, -0.25) is 0 Å². The van der Waals surface area contributed by atoms with Crippen LogP contribution in [-0.4, -0.2) is 23.8 Å². The summed E-state index contributed by atoms with van der Waals surface area (Å²) in [5.41, 5.74) is 0.207. The lowest BCUT2D eigenvalue weighted by molar-refractivity contribution is 0.167. The van der Waals surface area contributed by atoms with Crippen LogP contribution in [0.4, 0.5) is 8.78 Å². The zero-order chi connectivity index (χ0) is 12.1. The van der Waals surface area contributed by atoms with E-state index in [4.69, 9.17) is 0 Å². The lowest BCUT2D eigenvalue weighted by Crippen LogP contribution is -2.33. The van der Waals surface area contributed by atoms with Crippen LogP contribution in [0.1, 0.15) is 19.4 Å². The van der Waals surface area contributed by atoms with Gasteiger partial charge in [-0.2, -0.15) is 0 Å². The quantitative estimate of drug-likeness (QED) is 0.807. The molecule has 0 amide bonds. The molecule has 0 saturated carbocycles. The second kappa shape index (κ2) is 5.92. The number of benzene rings is 1. The third-order valence-electron chi connectivity index (χ3n) is 2.25. The molecule has 1 atom stereocenters. The van der Waals surface area contributed by atoms with E-state index in [1.54, 1.807) is 0 Å². The molecule has 0 aliphatic carbocycles. The van der Waals surface area contributed by atoms with Crippen LogP contribution in [0, 0.1) is 11.6 Å². The van der Waals surface area contributed by atoms with Crippen molar-refractivity contribution in [1.82, 2.24) is 5.32 Å². The fourth-order valence-corrected chi connectivity index (χ4v) is 1.40. The fourth-order valence-electron chi connectivity index (χ4n) is 1.40. The Hall–Kier alpha value is -1.00. The highest BCUT2D eigenvalue weighted by Gasteiger charge is 2.12. The zero-order valence-corrected chi connectivity index (χ0v) is 9.50. The summed E-state index contributed by atoms with van der Waals surface area (Å²) in [7, 11) is 0. The molecule has 0 aromatic heterocycles. The first-order valence-corrected chi connectivity index (χ1v) is 5.35. The summed E-state index contributed by atoms with van der Waals surface area (Å²) < 4.78 is 26.1. The van der Waals surface area contributed by atoms with Crippen molar-refractivity contribution in [2.75, 3.05) is 6.54 Å². The number of halogens is 2. The summed E-state index contributed by atoms with van der Waals surface area (Å²) in [5.74, 6) is -1.74. The van der Waals surface area contributed by atoms with Gasteiger partial charge in [0.15, 0.2) is 11.6 Å². The number of hydrogen-bond donors (Lipinski definition) is 2. The third-order valence-corrected chi connectivity index (χ3v) is 2.25. The average Bonchev–Trinajstić information content (AvgIpc) is 2.22. The minimum absolute atomic E-state index is 0.114. The van der Waals surface area contributed by atoms with Crippen molar-refractivity contribution in [3.8, 4) is 0 Å². The third kappa shape index (κ3) is 3.87. The molecule has 2 N–H and O–H groups in total. The minimum Gasteiger partial charge on any atom is -0.391 e. The highest BCUT2D eigenvalue weighted by atomic mass is 19.2. The van der Waals surface area contributed by atoms with Gasteiger partial charge in [0.05, 0.1) is 6.10 Å². The predicted molar refractivity (Wildman–Crippen MR) is 59.2 cm³/mol. The Kier molecular flexibility index (Phi) is 4.83. The van der Waals surface area contributed by atoms with E-state index >= 15 is 0 Å². The molecule has 0 aliphatic heterocycles. The Morgan fingerprint density at radius 1 is 1.31 bits per heavy atom. The van der Waals surface area contributed by atoms with Crippen molar-refractivity contribution in [3.05, 3.63) is 35.4 Å². The maximum Gasteiger partial charge on any atom is 0.162 e. The summed E-state index contributed by atoms with van der Waals surface area (Å²) in [6.07, 6.45) is -0.595. The van der Waals surface area contributed by atoms with Gasteiger partial charge < -0.3 is 10.4 Å². The van der Waals surface area contributed by atoms with E-state index in [2.05, 4.69) is 5.32 Å². The molecule has 0 bridgehead atoms. The maximum atomic E-state index is 13.3. The van der Waals surface area contributed by atoms with Crippen LogP contribution in [0.25, 0.3) is 0 Å². The highest BCUT2D eigenvalue weighted by Crippen LogP contribution is 2.13. The second-order valence-electron chi connectivity index (χ2n) is 4.13. The van der Waals surface area contributed by atoms with Crippen LogP contribution in [0.2, 0.25) is 0 Å². The largest absolute Gasteiger partial charge is 0.391 e. The Balaban J connectivity index is 2.56. The smallest absolute Gasteiger partial charge is 0.162 e. The Morgan fingerprint density at radius 3 is 2.62 bits per heavy atom. The molecule has 0 spiro atoms. The molecule has 1 rings (SSSR count). The van der Waals surface area contributed by atoms with Crippen LogP contribution >= 0.6 is 0 Å². The fraction of sp³-hybridized carbons (Fsp3) is 0.500. The van der Waals surface area contributed by atoms with E-state index in [1.165, 1.54) is 12.1 Å². The van der Waals surface area contributed by atoms with Gasteiger partial charge in [-0.05, 0) is 11.6 Å². The molecule has 0 heterocycles. The number of aliphatic hydroxyl groups is 1. The summed E-state index contributed by atoms with van der Waals surface area (Å²) in [5, 5.41) is 12.6. The van der Waals surface area contributed by atoms with Crippen molar-refractivity contribution in [3.63, 3.8) is 0 Å². The van der Waals surface area contributed by atoms with E-state index in [-0.39, 0.29) is 18.0 Å². The van der Waals surface area contributed by atoms with E-state index in [0.717, 1.165) is 6.07 Å². The van der Waals surface area contributed by atoms with E-state index in [1.807, 2.05) is 13.8 Å². The maximum absolute atomic E-state index is 13.3. The molecule has 0 saturated heterocycles. The summed E-state index contributed by atoms with van der Waals surface area (Å²) in [4.78, 5) is 0. The van der Waals surface area contributed by atoms with Crippen LogP contribution in [0.5, 0.6) is 0 Å². The lowest BCUT2D eigenvalue weighted by atomic mass is 10.1. The summed E-state index contributed by atoms with van der Waals surface area (Å²) >= 11 is 0. The number of rotatable bonds is 5. The lowest BCUT2D eigenvalue weighted by Gasteiger charge is -2.14. The first-order chi connectivity index (χ1) is 7.50. The van der Waals surface area contributed by atoms with Crippen molar-refractivity contribution in [2.24, 2.45) is 0 Å². The molecule has 0 aliphatic rings. The number of aliphatic hydroxyl groups excluding tert-OH is 1. The number of nitrogens with one attached hydrogen (secondary N) is 1. The Labute approximate surface area is 94.3 Å². The predicted octanol–water partition coefficient (Wildman–Crippen LogP) is 1.87. The first kappa shape index (κ1) is 13.1. The molecular formula is C12H17F2NO. The summed E-state index contributed by atoms with van der Waals surface area (Å²) in [6, 6.07) is 4.25. The number of hydrogen-bond acceptors (Lipinski definition) is 2. The minimum atomic E-state index is -0.874. The molecule has 90 valence electrons. The second-order valence-corrected chi connectivity index (χ2v) is 4.13. The van der Waals surface area contributed by atoms with Crippen LogP contribution in [-0.2, 0) is 6.42 Å². The monoisotopic (exact) mass is 229 g/mol. The standard InChI is InChI=1S/C12H17F2NO/c1-8(2)15-7-10(16)6-9-4-3-5-11(13)12(9)14/h3-5,8,10,15-16H,6-7H2,1-2H3. The molecule has 4 heteroatoms. The van der Waals surface area contributed by atoms with Gasteiger partial charge in [0.25, 0.3) is 0 Å². The van der Waals surface area contributed by atoms with Crippen molar-refractivity contribution < 1.29 is 13.9 Å². The average molecular weight is 229 g/mol. The van der Waals surface area contributed by atoms with Gasteiger partial charge in [-0.1, -0.05) is 26.0 Å². The SMILES string of the molecule is CC(C)NCC(O)Cc1cccc(F)c1F. The molecule has 16 heavy (non-hydrogen) atoms. The molecular weight excluding hydrogens is 212 g/mol. The zero-order valence-electron chi connectivity index (χ0n) is 9.50. The Morgan fingerprint density at radius 2 is 2.00 bits per heavy atom. The molecule has 2 nitrogen and oxygen atoms in total. The molecule has 0 radical (unpaired) electrons. The van der Waals surface area contributed by atoms with Crippen molar-refractivity contribution in [1.29, 1.82) is 0 Å². The topological polar surface area (TPSA) is 32.3 Å². The molecule has 1 aromatic carbocycles. The van der Waals surface area contributed by atoms with Gasteiger partial charge in [0.2, 0.25) is 0 Å². The van der Waals surface area contributed by atoms with Gasteiger partial charge in [0.1, 0.15) is 0 Å². The van der Waals surface area contributed by atoms with E-state index < -0.39 is 17.7 Å².